The van der Waals surface area contributed by atoms with E-state index in [9.17, 15) is 18.0 Å². The van der Waals surface area contributed by atoms with Gasteiger partial charge in [-0.1, -0.05) is 0 Å². The summed E-state index contributed by atoms with van der Waals surface area (Å²) < 4.78 is 43.8. The van der Waals surface area contributed by atoms with Crippen LogP contribution >= 0.6 is 0 Å². The van der Waals surface area contributed by atoms with Gasteiger partial charge in [-0.05, 0) is 18.9 Å². The normalized spacial score (nSPS) is 16.8. The summed E-state index contributed by atoms with van der Waals surface area (Å²) >= 11 is 0. The van der Waals surface area contributed by atoms with Crippen molar-refractivity contribution in [2.24, 2.45) is 5.41 Å². The Hall–Kier alpha value is -3.90. The van der Waals surface area contributed by atoms with E-state index in [1.165, 1.54) is 30.7 Å². The third-order valence-corrected chi connectivity index (χ3v) is 6.59. The van der Waals surface area contributed by atoms with E-state index >= 15 is 0 Å². The molecule has 190 valence electrons. The Bertz CT molecular complexity index is 1240. The molecule has 2 aliphatic rings. The van der Waals surface area contributed by atoms with Crippen LogP contribution in [-0.4, -0.2) is 68.3 Å². The van der Waals surface area contributed by atoms with Crippen molar-refractivity contribution < 1.29 is 22.7 Å². The number of rotatable bonds is 7. The van der Waals surface area contributed by atoms with Crippen molar-refractivity contribution in [2.75, 3.05) is 36.4 Å². The predicted octanol–water partition coefficient (Wildman–Crippen LogP) is 3.46. The topological polar surface area (TPSA) is 101 Å². The lowest BCUT2D eigenvalue weighted by Crippen LogP contribution is -2.61. The molecule has 0 atom stereocenters. The first-order chi connectivity index (χ1) is 17.3. The zero-order chi connectivity index (χ0) is 25.3. The lowest BCUT2D eigenvalue weighted by molar-refractivity contribution is -0.131. The lowest BCUT2D eigenvalue weighted by Gasteiger charge is -2.54. The summed E-state index contributed by atoms with van der Waals surface area (Å²) in [7, 11) is 0. The average Bonchev–Trinajstić information content (AvgIpc) is 3.32. The number of pyridine rings is 1. The summed E-state index contributed by atoms with van der Waals surface area (Å²) in [5.74, 6) is 1.71. The summed E-state index contributed by atoms with van der Waals surface area (Å²) in [6.45, 7) is 0.926. The highest BCUT2D eigenvalue weighted by atomic mass is 19.3. The molecule has 13 heteroatoms. The van der Waals surface area contributed by atoms with Gasteiger partial charge in [0.05, 0.1) is 11.8 Å². The van der Waals surface area contributed by atoms with Crippen LogP contribution < -0.4 is 15.0 Å². The van der Waals surface area contributed by atoms with Crippen LogP contribution in [0.25, 0.3) is 11.4 Å². The van der Waals surface area contributed by atoms with Crippen LogP contribution in [0.2, 0.25) is 0 Å². The molecule has 0 aromatic carbocycles. The highest BCUT2D eigenvalue weighted by Gasteiger charge is 2.45. The molecule has 1 spiro atoms. The first kappa shape index (κ1) is 23.8. The van der Waals surface area contributed by atoms with Crippen molar-refractivity contribution in [3.63, 3.8) is 0 Å². The molecule has 0 aliphatic carbocycles. The van der Waals surface area contributed by atoms with E-state index in [4.69, 9.17) is 0 Å². The molecular weight excluding hydrogens is 477 g/mol. The number of anilines is 3. The second-order valence-electron chi connectivity index (χ2n) is 9.07. The van der Waals surface area contributed by atoms with Crippen molar-refractivity contribution in [1.29, 1.82) is 0 Å². The Morgan fingerprint density at radius 2 is 1.97 bits per heavy atom. The number of aromatic nitrogens is 5. The number of halogens is 3. The first-order valence-corrected chi connectivity index (χ1v) is 11.5. The smallest absolute Gasteiger partial charge is 0.387 e. The van der Waals surface area contributed by atoms with Crippen LogP contribution in [0.5, 0.6) is 5.75 Å². The van der Waals surface area contributed by atoms with Gasteiger partial charge in [0, 0.05) is 63.0 Å². The predicted molar refractivity (Wildman–Crippen MR) is 125 cm³/mol. The number of carbonyl (C=O) groups excluding carboxylic acids is 1. The lowest BCUT2D eigenvalue weighted by atomic mass is 9.72. The monoisotopic (exact) mass is 502 g/mol. The molecule has 2 saturated heterocycles. The number of amides is 1. The van der Waals surface area contributed by atoms with E-state index in [1.54, 1.807) is 13.0 Å². The van der Waals surface area contributed by atoms with E-state index in [-0.39, 0.29) is 22.9 Å². The molecule has 10 nitrogen and oxygen atoms in total. The highest BCUT2D eigenvalue weighted by molar-refractivity contribution is 5.73. The van der Waals surface area contributed by atoms with Crippen molar-refractivity contribution >= 4 is 23.4 Å². The van der Waals surface area contributed by atoms with Gasteiger partial charge in [-0.3, -0.25) is 4.79 Å². The zero-order valence-electron chi connectivity index (χ0n) is 19.6. The summed E-state index contributed by atoms with van der Waals surface area (Å²) in [5, 5.41) is 6.98. The van der Waals surface area contributed by atoms with Crippen LogP contribution in [0.15, 0.2) is 36.8 Å². The molecule has 3 aromatic rings. The second kappa shape index (κ2) is 9.63. The van der Waals surface area contributed by atoms with E-state index in [0.29, 0.717) is 23.0 Å². The van der Waals surface area contributed by atoms with Gasteiger partial charge in [0.2, 0.25) is 5.91 Å². The fraction of sp³-hybridized carbons (Fsp3) is 0.435. The van der Waals surface area contributed by atoms with Crippen LogP contribution in [-0.2, 0) is 11.6 Å². The number of hydrogen-bond acceptors (Lipinski definition) is 8. The molecule has 1 N–H and O–H groups in total. The number of ether oxygens (including phenoxy) is 1. The molecule has 5 rings (SSSR count). The Morgan fingerprint density at radius 1 is 1.19 bits per heavy atom. The first-order valence-electron chi connectivity index (χ1n) is 11.5. The second-order valence-corrected chi connectivity index (χ2v) is 9.07. The fourth-order valence-corrected chi connectivity index (χ4v) is 4.66. The number of carbonyl (C=O) groups is 1. The third kappa shape index (κ3) is 5.04. The van der Waals surface area contributed by atoms with Gasteiger partial charge >= 0.3 is 6.61 Å². The minimum atomic E-state index is -2.95. The van der Waals surface area contributed by atoms with Gasteiger partial charge in [0.25, 0.3) is 0 Å². The van der Waals surface area contributed by atoms with Crippen molar-refractivity contribution in [3.8, 4) is 17.1 Å². The summed E-state index contributed by atoms with van der Waals surface area (Å²) in [6.07, 6.45) is 6.19. The largest absolute Gasteiger partial charge is 0.435 e. The zero-order valence-corrected chi connectivity index (χ0v) is 19.6. The molecule has 1 amide bonds. The maximum Gasteiger partial charge on any atom is 0.387 e. The van der Waals surface area contributed by atoms with E-state index < -0.39 is 13.4 Å². The van der Waals surface area contributed by atoms with E-state index in [2.05, 4.69) is 35.0 Å². The molecular formula is C23H25F3N8O2. The Kier molecular flexibility index (Phi) is 6.37. The van der Waals surface area contributed by atoms with Crippen LogP contribution in [0.3, 0.4) is 0 Å². The highest BCUT2D eigenvalue weighted by Crippen LogP contribution is 2.42. The number of likely N-dealkylation sites (tertiary alicyclic amines) is 1. The number of nitrogens with zero attached hydrogens (tertiary/aromatic N) is 7. The minimum Gasteiger partial charge on any atom is -0.435 e. The molecule has 2 aliphatic heterocycles. The van der Waals surface area contributed by atoms with Crippen molar-refractivity contribution in [2.45, 2.75) is 33.2 Å². The van der Waals surface area contributed by atoms with Crippen LogP contribution in [0.4, 0.5) is 30.6 Å². The van der Waals surface area contributed by atoms with Gasteiger partial charge in [0.15, 0.2) is 12.6 Å². The van der Waals surface area contributed by atoms with E-state index in [1.807, 2.05) is 4.90 Å². The maximum atomic E-state index is 13.0. The Labute approximate surface area is 205 Å². The molecule has 0 saturated carbocycles. The summed E-state index contributed by atoms with van der Waals surface area (Å²) in [5.41, 5.74) is 0.664. The number of piperidine rings is 1. The van der Waals surface area contributed by atoms with Gasteiger partial charge in [-0.15, -0.1) is 0 Å². The Morgan fingerprint density at radius 3 is 2.64 bits per heavy atom. The number of hydrogen-bond donors (Lipinski definition) is 1. The summed E-state index contributed by atoms with van der Waals surface area (Å²) in [4.78, 5) is 29.0. The standard InChI is InChI=1S/C23H25F3N8O2/c1-15(35)32-6-3-23(4-7-32)12-33(13-23)20-9-19(29-18-8-17(2-5-27-18)36-22(25)26)30-21(31-20)16-10-28-34(11-16)14-24/h2,5,8-11,22H,3-4,6-7,12-14H2,1H3,(H,27,29,30,31). The summed E-state index contributed by atoms with van der Waals surface area (Å²) in [6, 6.07) is 4.43. The number of alkyl halides is 3. The number of nitrogens with one attached hydrogen (secondary N) is 1. The van der Waals surface area contributed by atoms with Crippen LogP contribution in [0, 0.1) is 5.41 Å². The van der Waals surface area contributed by atoms with Crippen molar-refractivity contribution in [1.82, 2.24) is 29.6 Å². The average molecular weight is 503 g/mol. The minimum absolute atomic E-state index is 0.0391. The molecule has 0 radical (unpaired) electrons. The fourth-order valence-electron chi connectivity index (χ4n) is 4.66. The molecule has 0 bridgehead atoms. The van der Waals surface area contributed by atoms with Crippen LogP contribution in [0.1, 0.15) is 19.8 Å². The van der Waals surface area contributed by atoms with Gasteiger partial charge in [-0.2, -0.15) is 13.9 Å². The Balaban J connectivity index is 1.39. The van der Waals surface area contributed by atoms with Gasteiger partial charge in [0.1, 0.15) is 23.2 Å². The van der Waals surface area contributed by atoms with Gasteiger partial charge in [-0.25, -0.2) is 24.0 Å². The van der Waals surface area contributed by atoms with Gasteiger partial charge < -0.3 is 19.9 Å². The third-order valence-electron chi connectivity index (χ3n) is 6.59. The van der Waals surface area contributed by atoms with Crippen molar-refractivity contribution in [3.05, 3.63) is 36.8 Å². The molecule has 36 heavy (non-hydrogen) atoms. The SMILES string of the molecule is CC(=O)N1CCC2(CC1)CN(c1cc(Nc3cc(OC(F)F)ccn3)nc(-c3cnn(CF)c3)n1)C2. The molecule has 3 aromatic heterocycles. The van der Waals surface area contributed by atoms with E-state index in [0.717, 1.165) is 43.7 Å². The quantitative estimate of drug-likeness (QED) is 0.524. The molecule has 5 heterocycles. The molecule has 2 fully saturated rings. The molecule has 0 unspecified atom stereocenters. The maximum absolute atomic E-state index is 13.0.